The van der Waals surface area contributed by atoms with Crippen LogP contribution in [0.15, 0.2) is 57.7 Å². The Balaban J connectivity index is 1.49. The number of fused-ring (bicyclic) bond motifs is 1. The Bertz CT molecular complexity index is 1020. The molecule has 152 valence electrons. The maximum Gasteiger partial charge on any atom is 0.336 e. The molecule has 0 atom stereocenters. The van der Waals surface area contributed by atoms with Crippen molar-refractivity contribution in [3.63, 3.8) is 0 Å². The molecule has 2 aromatic carbocycles. The van der Waals surface area contributed by atoms with E-state index in [9.17, 15) is 9.59 Å². The standard InChI is InChI=1S/C23H24O6/c1-3-16-6-11-20-17(14-23(25)29-21(20)13-16)15-28-22(24)5-4-12-27-19-9-7-18(26-2)8-10-19/h6-11,13-14H,3-5,12,15H2,1-2H3. The Morgan fingerprint density at radius 2 is 1.79 bits per heavy atom. The number of esters is 1. The van der Waals surface area contributed by atoms with E-state index >= 15 is 0 Å². The summed E-state index contributed by atoms with van der Waals surface area (Å²) in [5.74, 6) is 1.14. The molecule has 0 unspecified atom stereocenters. The Kier molecular flexibility index (Phi) is 6.89. The van der Waals surface area contributed by atoms with Crippen LogP contribution in [-0.4, -0.2) is 19.7 Å². The predicted octanol–water partition coefficient (Wildman–Crippen LogP) is 4.27. The average molecular weight is 396 g/mol. The van der Waals surface area contributed by atoms with Gasteiger partial charge in [0.15, 0.2) is 0 Å². The summed E-state index contributed by atoms with van der Waals surface area (Å²) >= 11 is 0. The number of benzene rings is 2. The third-order valence-electron chi connectivity index (χ3n) is 4.54. The van der Waals surface area contributed by atoms with Crippen LogP contribution < -0.4 is 15.1 Å². The third kappa shape index (κ3) is 5.60. The summed E-state index contributed by atoms with van der Waals surface area (Å²) in [6.07, 6.45) is 1.61. The molecule has 0 saturated heterocycles. The molecular formula is C23H24O6. The van der Waals surface area contributed by atoms with Crippen molar-refractivity contribution in [1.29, 1.82) is 0 Å². The zero-order valence-electron chi connectivity index (χ0n) is 16.6. The number of rotatable bonds is 9. The van der Waals surface area contributed by atoms with Crippen LogP contribution in [0.3, 0.4) is 0 Å². The molecule has 0 fully saturated rings. The first-order valence-corrected chi connectivity index (χ1v) is 9.57. The SMILES string of the molecule is CCc1ccc2c(COC(=O)CCCOc3ccc(OC)cc3)cc(=O)oc2c1. The normalized spacial score (nSPS) is 10.7. The predicted molar refractivity (Wildman–Crippen MR) is 109 cm³/mol. The van der Waals surface area contributed by atoms with Crippen LogP contribution in [0.25, 0.3) is 11.0 Å². The lowest BCUT2D eigenvalue weighted by molar-refractivity contribution is -0.145. The fourth-order valence-electron chi connectivity index (χ4n) is 2.92. The van der Waals surface area contributed by atoms with Gasteiger partial charge in [-0.2, -0.15) is 0 Å². The number of carbonyl (C=O) groups is 1. The van der Waals surface area contributed by atoms with Gasteiger partial charge in [-0.15, -0.1) is 0 Å². The van der Waals surface area contributed by atoms with Gasteiger partial charge in [0.2, 0.25) is 0 Å². The van der Waals surface area contributed by atoms with Gasteiger partial charge >= 0.3 is 11.6 Å². The molecule has 1 heterocycles. The molecule has 0 aliphatic rings. The molecule has 0 spiro atoms. The second-order valence-electron chi connectivity index (χ2n) is 6.56. The Labute approximate surface area is 169 Å². The molecule has 1 aromatic heterocycles. The van der Waals surface area contributed by atoms with E-state index in [-0.39, 0.29) is 19.0 Å². The van der Waals surface area contributed by atoms with Crippen molar-refractivity contribution in [3.8, 4) is 11.5 Å². The summed E-state index contributed by atoms with van der Waals surface area (Å²) in [6.45, 7) is 2.47. The summed E-state index contributed by atoms with van der Waals surface area (Å²) in [4.78, 5) is 23.8. The van der Waals surface area contributed by atoms with E-state index < -0.39 is 5.63 Å². The van der Waals surface area contributed by atoms with Crippen LogP contribution in [0.2, 0.25) is 0 Å². The highest BCUT2D eigenvalue weighted by molar-refractivity contribution is 5.81. The fourth-order valence-corrected chi connectivity index (χ4v) is 2.92. The van der Waals surface area contributed by atoms with Crippen molar-refractivity contribution in [2.24, 2.45) is 0 Å². The molecule has 3 aromatic rings. The van der Waals surface area contributed by atoms with E-state index in [0.717, 1.165) is 23.1 Å². The second kappa shape index (κ2) is 9.78. The monoisotopic (exact) mass is 396 g/mol. The van der Waals surface area contributed by atoms with Crippen LogP contribution in [0.1, 0.15) is 30.9 Å². The van der Waals surface area contributed by atoms with Gasteiger partial charge in [-0.05, 0) is 48.7 Å². The summed E-state index contributed by atoms with van der Waals surface area (Å²) in [5, 5.41) is 0.775. The largest absolute Gasteiger partial charge is 0.497 e. The van der Waals surface area contributed by atoms with Crippen LogP contribution >= 0.6 is 0 Å². The number of methoxy groups -OCH3 is 1. The minimum absolute atomic E-state index is 0.0335. The molecule has 0 saturated carbocycles. The van der Waals surface area contributed by atoms with Crippen molar-refractivity contribution < 1.29 is 23.4 Å². The maximum absolute atomic E-state index is 12.0. The third-order valence-corrected chi connectivity index (χ3v) is 4.54. The first-order valence-electron chi connectivity index (χ1n) is 9.57. The number of hydrogen-bond donors (Lipinski definition) is 0. The molecule has 29 heavy (non-hydrogen) atoms. The Morgan fingerprint density at radius 1 is 1.03 bits per heavy atom. The van der Waals surface area contributed by atoms with Crippen molar-refractivity contribution in [2.45, 2.75) is 32.8 Å². The van der Waals surface area contributed by atoms with E-state index in [1.54, 1.807) is 7.11 Å². The zero-order chi connectivity index (χ0) is 20.6. The van der Waals surface area contributed by atoms with Crippen LogP contribution in [-0.2, 0) is 22.6 Å². The number of ether oxygens (including phenoxy) is 3. The van der Waals surface area contributed by atoms with Gasteiger partial charge in [0.25, 0.3) is 0 Å². The van der Waals surface area contributed by atoms with Crippen molar-refractivity contribution in [1.82, 2.24) is 0 Å². The lowest BCUT2D eigenvalue weighted by Crippen LogP contribution is -2.09. The van der Waals surface area contributed by atoms with E-state index in [0.29, 0.717) is 29.9 Å². The highest BCUT2D eigenvalue weighted by Crippen LogP contribution is 2.20. The van der Waals surface area contributed by atoms with Gasteiger partial charge in [-0.3, -0.25) is 4.79 Å². The van der Waals surface area contributed by atoms with E-state index in [2.05, 4.69) is 0 Å². The smallest absolute Gasteiger partial charge is 0.336 e. The maximum atomic E-state index is 12.0. The van der Waals surface area contributed by atoms with Gasteiger partial charge < -0.3 is 18.6 Å². The number of carbonyl (C=O) groups excluding carboxylic acids is 1. The van der Waals surface area contributed by atoms with Crippen molar-refractivity contribution in [2.75, 3.05) is 13.7 Å². The zero-order valence-corrected chi connectivity index (χ0v) is 16.6. The van der Waals surface area contributed by atoms with Gasteiger partial charge in [0, 0.05) is 23.4 Å². The molecule has 0 amide bonds. The molecule has 0 radical (unpaired) electrons. The minimum Gasteiger partial charge on any atom is -0.497 e. The average Bonchev–Trinajstić information content (AvgIpc) is 2.74. The molecule has 0 aliphatic carbocycles. The number of hydrogen-bond acceptors (Lipinski definition) is 6. The first-order chi connectivity index (χ1) is 14.1. The fraction of sp³-hybridized carbons (Fsp3) is 0.304. The van der Waals surface area contributed by atoms with Gasteiger partial charge in [0.1, 0.15) is 23.7 Å². The molecule has 0 N–H and O–H groups in total. The van der Waals surface area contributed by atoms with Crippen LogP contribution in [0.5, 0.6) is 11.5 Å². The van der Waals surface area contributed by atoms with E-state index in [1.165, 1.54) is 6.07 Å². The highest BCUT2D eigenvalue weighted by atomic mass is 16.5. The molecule has 6 nitrogen and oxygen atoms in total. The van der Waals surface area contributed by atoms with Crippen LogP contribution in [0, 0.1) is 0 Å². The summed E-state index contributed by atoms with van der Waals surface area (Å²) in [7, 11) is 1.61. The summed E-state index contributed by atoms with van der Waals surface area (Å²) in [6, 6.07) is 14.3. The van der Waals surface area contributed by atoms with Crippen molar-refractivity contribution in [3.05, 3.63) is 70.1 Å². The summed E-state index contributed by atoms with van der Waals surface area (Å²) in [5.41, 5.74) is 1.77. The van der Waals surface area contributed by atoms with Crippen LogP contribution in [0.4, 0.5) is 0 Å². The highest BCUT2D eigenvalue weighted by Gasteiger charge is 2.10. The number of aryl methyl sites for hydroxylation is 1. The topological polar surface area (TPSA) is 75.0 Å². The van der Waals surface area contributed by atoms with Crippen molar-refractivity contribution >= 4 is 16.9 Å². The lowest BCUT2D eigenvalue weighted by atomic mass is 10.1. The molecule has 3 rings (SSSR count). The first kappa shape index (κ1) is 20.5. The quantitative estimate of drug-likeness (QED) is 0.306. The molecule has 0 bridgehead atoms. The second-order valence-corrected chi connectivity index (χ2v) is 6.56. The van der Waals surface area contributed by atoms with Gasteiger partial charge in [-0.1, -0.05) is 19.1 Å². The Morgan fingerprint density at radius 3 is 2.52 bits per heavy atom. The molecule has 6 heteroatoms. The molecular weight excluding hydrogens is 372 g/mol. The Hall–Kier alpha value is -3.28. The van der Waals surface area contributed by atoms with Gasteiger partial charge in [-0.25, -0.2) is 4.79 Å². The minimum atomic E-state index is -0.454. The lowest BCUT2D eigenvalue weighted by Gasteiger charge is -2.09. The molecule has 0 aliphatic heterocycles. The summed E-state index contributed by atoms with van der Waals surface area (Å²) < 4.78 is 21.3. The van der Waals surface area contributed by atoms with Gasteiger partial charge in [0.05, 0.1) is 13.7 Å². The van der Waals surface area contributed by atoms with E-state index in [1.807, 2.05) is 49.4 Å². The van der Waals surface area contributed by atoms with E-state index in [4.69, 9.17) is 18.6 Å².